The predicted octanol–water partition coefficient (Wildman–Crippen LogP) is 4.16. The summed E-state index contributed by atoms with van der Waals surface area (Å²) in [5.74, 6) is -1.22. The first-order valence-corrected chi connectivity index (χ1v) is 13.6. The van der Waals surface area contributed by atoms with E-state index >= 15 is 0 Å². The SMILES string of the molecule is CC1(CNC(=O)C(=O)CNCCOC2CCC(Nc3ccc([N+](=O)[O-])c(C(F)(F)F)c3)CC2)Cc2cc(F)ccc2O1. The minimum atomic E-state index is -4.84. The molecular formula is C28H32F4N4O6. The van der Waals surface area contributed by atoms with Crippen molar-refractivity contribution in [2.45, 2.75) is 63.0 Å². The van der Waals surface area contributed by atoms with Crippen molar-refractivity contribution in [1.82, 2.24) is 10.6 Å². The summed E-state index contributed by atoms with van der Waals surface area (Å²) < 4.78 is 64.8. The largest absolute Gasteiger partial charge is 0.485 e. The summed E-state index contributed by atoms with van der Waals surface area (Å²) >= 11 is 0. The van der Waals surface area contributed by atoms with Gasteiger partial charge in [0.05, 0.1) is 30.7 Å². The molecule has 10 nitrogen and oxygen atoms in total. The Balaban J connectivity index is 1.10. The van der Waals surface area contributed by atoms with Gasteiger partial charge >= 0.3 is 6.18 Å². The summed E-state index contributed by atoms with van der Waals surface area (Å²) in [6.07, 6.45) is -1.90. The Hall–Kier alpha value is -3.78. The zero-order chi connectivity index (χ0) is 30.5. The number of nitrogens with zero attached hydrogens (tertiary/aromatic N) is 1. The summed E-state index contributed by atoms with van der Waals surface area (Å²) in [4.78, 5) is 34.3. The maximum Gasteiger partial charge on any atom is 0.423 e. The lowest BCUT2D eigenvalue weighted by atomic mass is 9.92. The minimum Gasteiger partial charge on any atom is -0.485 e. The number of carbonyl (C=O) groups excluding carboxylic acids is 2. The van der Waals surface area contributed by atoms with Crippen LogP contribution in [0.15, 0.2) is 36.4 Å². The number of alkyl halides is 3. The van der Waals surface area contributed by atoms with Crippen LogP contribution in [0, 0.1) is 15.9 Å². The van der Waals surface area contributed by atoms with Crippen LogP contribution in [0.3, 0.4) is 0 Å². The fourth-order valence-electron chi connectivity index (χ4n) is 5.16. The van der Waals surface area contributed by atoms with Crippen LogP contribution in [0.25, 0.3) is 0 Å². The molecule has 0 saturated heterocycles. The first-order valence-electron chi connectivity index (χ1n) is 13.6. The van der Waals surface area contributed by atoms with E-state index in [2.05, 4.69) is 16.0 Å². The molecule has 0 spiro atoms. The van der Waals surface area contributed by atoms with Crippen molar-refractivity contribution in [2.75, 3.05) is 31.6 Å². The second-order valence-corrected chi connectivity index (χ2v) is 10.7. The number of nitro benzene ring substituents is 1. The number of Topliss-reactive ketones (excluding diaryl/α,β-unsaturated/α-hetero) is 1. The third-order valence-corrected chi connectivity index (χ3v) is 7.28. The number of carbonyl (C=O) groups is 2. The van der Waals surface area contributed by atoms with Gasteiger partial charge in [0, 0.05) is 36.3 Å². The van der Waals surface area contributed by atoms with E-state index in [1.54, 1.807) is 6.92 Å². The van der Waals surface area contributed by atoms with Gasteiger partial charge in [0.15, 0.2) is 0 Å². The second kappa shape index (κ2) is 13.0. The van der Waals surface area contributed by atoms with Crippen molar-refractivity contribution < 1.29 is 41.5 Å². The van der Waals surface area contributed by atoms with E-state index < -0.39 is 39.6 Å². The molecule has 2 aliphatic rings. The fraction of sp³-hybridized carbons (Fsp3) is 0.500. The summed E-state index contributed by atoms with van der Waals surface area (Å²) in [5.41, 5.74) is -2.19. The number of ketones is 1. The average molecular weight is 597 g/mol. The number of rotatable bonds is 12. The highest BCUT2D eigenvalue weighted by molar-refractivity contribution is 6.37. The molecule has 0 radical (unpaired) electrons. The van der Waals surface area contributed by atoms with Gasteiger partial charge in [0.2, 0.25) is 5.78 Å². The summed E-state index contributed by atoms with van der Waals surface area (Å²) in [7, 11) is 0. The first-order chi connectivity index (χ1) is 19.8. The molecule has 1 fully saturated rings. The molecule has 3 N–H and O–H groups in total. The van der Waals surface area contributed by atoms with Gasteiger partial charge in [-0.2, -0.15) is 13.2 Å². The van der Waals surface area contributed by atoms with Gasteiger partial charge in [-0.3, -0.25) is 19.7 Å². The molecule has 1 saturated carbocycles. The number of amides is 1. The first kappa shape index (κ1) is 31.2. The summed E-state index contributed by atoms with van der Waals surface area (Å²) in [6.45, 7) is 2.32. The molecule has 1 unspecified atom stereocenters. The minimum absolute atomic E-state index is 0.0591. The smallest absolute Gasteiger partial charge is 0.423 e. The van der Waals surface area contributed by atoms with E-state index in [0.29, 0.717) is 56.6 Å². The van der Waals surface area contributed by atoms with Crippen molar-refractivity contribution in [3.63, 3.8) is 0 Å². The van der Waals surface area contributed by atoms with E-state index in [1.807, 2.05) is 0 Å². The number of fused-ring (bicyclic) bond motifs is 1. The molecule has 14 heteroatoms. The third kappa shape index (κ3) is 8.16. The molecule has 1 aliphatic heterocycles. The monoisotopic (exact) mass is 596 g/mol. The Kier molecular flexibility index (Phi) is 9.67. The lowest BCUT2D eigenvalue weighted by Gasteiger charge is -2.30. The van der Waals surface area contributed by atoms with Gasteiger partial charge in [-0.05, 0) is 62.9 Å². The van der Waals surface area contributed by atoms with E-state index in [-0.39, 0.29) is 36.7 Å². The fourth-order valence-corrected chi connectivity index (χ4v) is 5.16. The molecule has 2 aromatic carbocycles. The van der Waals surface area contributed by atoms with E-state index in [1.165, 1.54) is 24.3 Å². The Bertz CT molecular complexity index is 1320. The molecule has 42 heavy (non-hydrogen) atoms. The lowest BCUT2D eigenvalue weighted by molar-refractivity contribution is -0.388. The van der Waals surface area contributed by atoms with Crippen LogP contribution >= 0.6 is 0 Å². The lowest BCUT2D eigenvalue weighted by Crippen LogP contribution is -2.47. The van der Waals surface area contributed by atoms with Crippen LogP contribution in [-0.2, 0) is 26.9 Å². The number of hydrogen-bond donors (Lipinski definition) is 3. The van der Waals surface area contributed by atoms with Crippen LogP contribution < -0.4 is 20.7 Å². The molecule has 228 valence electrons. The molecule has 1 atom stereocenters. The number of halogens is 4. The van der Waals surface area contributed by atoms with E-state index in [0.717, 1.165) is 12.1 Å². The quantitative estimate of drug-likeness (QED) is 0.109. The number of nitrogens with one attached hydrogen (secondary N) is 3. The molecular weight excluding hydrogens is 564 g/mol. The van der Waals surface area contributed by atoms with Crippen molar-refractivity contribution in [3.8, 4) is 5.75 Å². The third-order valence-electron chi connectivity index (χ3n) is 7.28. The molecule has 0 aromatic heterocycles. The van der Waals surface area contributed by atoms with Crippen LogP contribution in [-0.4, -0.2) is 60.6 Å². The zero-order valence-electron chi connectivity index (χ0n) is 22.9. The van der Waals surface area contributed by atoms with Crippen LogP contribution in [0.5, 0.6) is 5.75 Å². The van der Waals surface area contributed by atoms with Crippen LogP contribution in [0.4, 0.5) is 28.9 Å². The maximum absolute atomic E-state index is 13.4. The molecule has 2 aromatic rings. The standard InChI is InChI=1S/C28H32F4N4O6/c1-27(14-17-12-18(29)2-9-25(17)42-27)16-34-26(38)24(37)15-33-10-11-41-21-6-3-19(4-7-21)35-20-5-8-23(36(39)40)22(13-20)28(30,31)32/h2,5,8-9,12-13,19,21,33,35H,3-4,6-7,10-11,14-16H2,1H3,(H,34,38). The highest BCUT2D eigenvalue weighted by Crippen LogP contribution is 2.38. The predicted molar refractivity (Wildman–Crippen MR) is 144 cm³/mol. The van der Waals surface area contributed by atoms with Gasteiger partial charge in [0.25, 0.3) is 11.6 Å². The zero-order valence-corrected chi connectivity index (χ0v) is 22.9. The van der Waals surface area contributed by atoms with Crippen LogP contribution in [0.2, 0.25) is 0 Å². The van der Waals surface area contributed by atoms with Gasteiger partial charge in [0.1, 0.15) is 22.7 Å². The van der Waals surface area contributed by atoms with Crippen molar-refractivity contribution in [3.05, 3.63) is 63.5 Å². The van der Waals surface area contributed by atoms with Gasteiger partial charge in [-0.15, -0.1) is 0 Å². The van der Waals surface area contributed by atoms with Gasteiger partial charge < -0.3 is 25.4 Å². The Morgan fingerprint density at radius 3 is 2.57 bits per heavy atom. The number of nitro groups is 1. The topological polar surface area (TPSA) is 132 Å². The van der Waals surface area contributed by atoms with Crippen molar-refractivity contribution >= 4 is 23.1 Å². The van der Waals surface area contributed by atoms with E-state index in [4.69, 9.17) is 9.47 Å². The second-order valence-electron chi connectivity index (χ2n) is 10.7. The van der Waals surface area contributed by atoms with Crippen molar-refractivity contribution in [1.29, 1.82) is 0 Å². The van der Waals surface area contributed by atoms with E-state index in [9.17, 15) is 37.3 Å². The number of benzene rings is 2. The Morgan fingerprint density at radius 2 is 1.88 bits per heavy atom. The van der Waals surface area contributed by atoms with Gasteiger partial charge in [-0.25, -0.2) is 4.39 Å². The normalized spacial score (nSPS) is 21.7. The number of anilines is 1. The summed E-state index contributed by atoms with van der Waals surface area (Å²) in [6, 6.07) is 7.01. The maximum atomic E-state index is 13.4. The Morgan fingerprint density at radius 1 is 1.14 bits per heavy atom. The molecule has 1 heterocycles. The average Bonchev–Trinajstić information content (AvgIpc) is 3.27. The molecule has 4 rings (SSSR count). The highest BCUT2D eigenvalue weighted by Gasteiger charge is 2.39. The molecule has 0 bridgehead atoms. The van der Waals surface area contributed by atoms with Gasteiger partial charge in [-0.1, -0.05) is 0 Å². The number of ether oxygens (including phenoxy) is 2. The molecule has 1 aliphatic carbocycles. The number of hydrogen-bond acceptors (Lipinski definition) is 8. The van der Waals surface area contributed by atoms with Crippen LogP contribution in [0.1, 0.15) is 43.7 Å². The highest BCUT2D eigenvalue weighted by atomic mass is 19.4. The molecule has 1 amide bonds. The Labute approximate surface area is 239 Å². The summed E-state index contributed by atoms with van der Waals surface area (Å²) in [5, 5.41) is 19.4. The van der Waals surface area contributed by atoms with Crippen molar-refractivity contribution in [2.24, 2.45) is 0 Å².